The van der Waals surface area contributed by atoms with Gasteiger partial charge in [0.25, 0.3) is 0 Å². The average molecular weight is 445 g/mol. The first-order chi connectivity index (χ1) is 1.41. The summed E-state index contributed by atoms with van der Waals surface area (Å²) in [5, 5.41) is 0. The summed E-state index contributed by atoms with van der Waals surface area (Å²) in [6, 6.07) is 0. The third kappa shape index (κ3) is 8.83. The Morgan fingerprint density at radius 1 is 1.25 bits per heavy atom. The summed E-state index contributed by atoms with van der Waals surface area (Å²) in [5.74, 6) is 0. The van der Waals surface area contributed by atoms with Crippen molar-refractivity contribution in [2.24, 2.45) is 0 Å². The van der Waals surface area contributed by atoms with Gasteiger partial charge in [0.2, 0.25) is 0 Å². The zero-order valence-corrected chi connectivity index (χ0v) is 9.05. The molecule has 0 nitrogen and oxygen atoms in total. The van der Waals surface area contributed by atoms with Gasteiger partial charge in [0.15, 0.2) is 0 Å². The molecule has 0 saturated heterocycles. The van der Waals surface area contributed by atoms with E-state index >= 15 is 0 Å². The van der Waals surface area contributed by atoms with Crippen molar-refractivity contribution >= 4 is 50.5 Å². The van der Waals surface area contributed by atoms with Crippen LogP contribution in [0.3, 0.4) is 0 Å². The third-order valence-electron chi connectivity index (χ3n) is 0. The van der Waals surface area contributed by atoms with Gasteiger partial charge in [-0.25, -0.2) is 0 Å². The van der Waals surface area contributed by atoms with Crippen LogP contribution in [0.2, 0.25) is 0 Å². The van der Waals surface area contributed by atoms with Crippen molar-refractivity contribution in [2.75, 3.05) is 0 Å². The van der Waals surface area contributed by atoms with Gasteiger partial charge in [-0.2, -0.15) is 0 Å². The Labute approximate surface area is 66.0 Å². The second kappa shape index (κ2) is 9.20. The summed E-state index contributed by atoms with van der Waals surface area (Å²) in [4.78, 5) is 0. The van der Waals surface area contributed by atoms with Crippen LogP contribution in [0.4, 0.5) is 0 Å². The van der Waals surface area contributed by atoms with E-state index in [4.69, 9.17) is 0 Å². The molecule has 4 heteroatoms. The molecule has 0 unspecified atom stereocenters. The Morgan fingerprint density at radius 2 is 1.25 bits per heavy atom. The quantitative estimate of drug-likeness (QED) is 0.397. The van der Waals surface area contributed by atoms with E-state index in [1.54, 1.807) is 0 Å². The average Bonchev–Trinajstić information content (AvgIpc) is 0.918. The summed E-state index contributed by atoms with van der Waals surface area (Å²) < 4.78 is 0. The Bertz CT molecular complexity index is 3.25. The second-order valence-electron chi connectivity index (χ2n) is 0.0583. The molecule has 0 amide bonds. The van der Waals surface area contributed by atoms with Gasteiger partial charge in [0.1, 0.15) is 0 Å². The Balaban J connectivity index is 0. The van der Waals surface area contributed by atoms with Crippen molar-refractivity contribution in [3.63, 3.8) is 0 Å². The van der Waals surface area contributed by atoms with Crippen LogP contribution in [0.5, 0.6) is 0 Å². The van der Waals surface area contributed by atoms with Gasteiger partial charge >= 0.3 is 50.5 Å². The van der Waals surface area contributed by atoms with Crippen LogP contribution in [0, 0.1) is 0 Å². The van der Waals surface area contributed by atoms with E-state index in [0.717, 1.165) is 0 Å². The molecule has 4 heavy (non-hydrogen) atoms. The van der Waals surface area contributed by atoms with Crippen LogP contribution < -0.4 is 0 Å². The third-order valence-corrected chi connectivity index (χ3v) is 0. The van der Waals surface area contributed by atoms with E-state index in [2.05, 4.69) is 37.2 Å². The normalized spacial score (nSPS) is 5.50. The van der Waals surface area contributed by atoms with Crippen molar-refractivity contribution in [2.45, 2.75) is 0 Å². The summed E-state index contributed by atoms with van der Waals surface area (Å²) in [5.41, 5.74) is 0. The zero-order valence-electron chi connectivity index (χ0n) is 1.47. The smallest absolute Gasteiger partial charge is 0 e. The van der Waals surface area contributed by atoms with E-state index in [1.165, 1.54) is 0 Å². The fraction of sp³-hybridized carbons (Fsp3) is 0. The van der Waals surface area contributed by atoms with Gasteiger partial charge in [-0.3, -0.25) is 0 Å². The number of rotatable bonds is 0. The molecule has 0 aliphatic rings. The molecule has 0 aliphatic carbocycles. The summed E-state index contributed by atoms with van der Waals surface area (Å²) >= 11 is 5.22. The molecular formula is HCuI3. The second-order valence-corrected chi connectivity index (χ2v) is 17.6. The van der Waals surface area contributed by atoms with E-state index in [0.29, 0.717) is 13.3 Å². The van der Waals surface area contributed by atoms with Gasteiger partial charge in [-0.1, -0.05) is 0 Å². The van der Waals surface area contributed by atoms with Gasteiger partial charge < -0.3 is 0 Å². The summed E-state index contributed by atoms with van der Waals surface area (Å²) in [7, 11) is 0. The Kier molecular flexibility index (Phi) is 22.7. The predicted molar refractivity (Wildman–Crippen MR) is 43.5 cm³/mol. The van der Waals surface area contributed by atoms with Crippen LogP contribution in [-0.4, -0.2) is 0 Å². The summed E-state index contributed by atoms with van der Waals surface area (Å²) in [6.07, 6.45) is 0. The number of halogens is 3. The molecule has 0 saturated carbocycles. The maximum absolute atomic E-state index is 2.41. The number of hydrogen-bond acceptors (Lipinski definition) is 0. The van der Waals surface area contributed by atoms with Gasteiger partial charge in [0.05, 0.1) is 0 Å². The fourth-order valence-electron chi connectivity index (χ4n) is 0. The van der Waals surface area contributed by atoms with E-state index < -0.39 is 0 Å². The fourth-order valence-corrected chi connectivity index (χ4v) is 0. The van der Waals surface area contributed by atoms with Crippen molar-refractivity contribution in [3.05, 3.63) is 0 Å². The van der Waals surface area contributed by atoms with Crippen molar-refractivity contribution in [1.82, 2.24) is 0 Å². The van der Waals surface area contributed by atoms with Crippen LogP contribution in [0.1, 0.15) is 0 Å². The first kappa shape index (κ1) is 9.86. The topological polar surface area (TPSA) is 0 Å². The van der Waals surface area contributed by atoms with Crippen molar-refractivity contribution in [1.29, 1.82) is 0 Å². The van der Waals surface area contributed by atoms with Crippen molar-refractivity contribution in [3.8, 4) is 0 Å². The SMILES string of the molecule is I[IH]I.[Cu]. The predicted octanol–water partition coefficient (Wildman–Crippen LogP) is 2.39. The number of hydrogen-bond donors (Lipinski definition) is 0. The van der Waals surface area contributed by atoms with Crippen LogP contribution in [0.15, 0.2) is 0 Å². The molecule has 0 aromatic carbocycles. The molecule has 0 aliphatic heterocycles. The molecule has 0 atom stereocenters. The van der Waals surface area contributed by atoms with E-state index in [1.807, 2.05) is 0 Å². The van der Waals surface area contributed by atoms with E-state index in [-0.39, 0.29) is 17.1 Å². The van der Waals surface area contributed by atoms with Gasteiger partial charge in [0, 0.05) is 17.1 Å². The maximum Gasteiger partial charge on any atom is 0 e. The van der Waals surface area contributed by atoms with Gasteiger partial charge in [-0.15, -0.1) is 0 Å². The minimum absolute atomic E-state index is 0. The Morgan fingerprint density at radius 3 is 1.25 bits per heavy atom. The molecule has 0 aromatic rings. The van der Waals surface area contributed by atoms with Gasteiger partial charge in [-0.05, 0) is 0 Å². The molecule has 1 radical (unpaired) electrons. The minimum atomic E-state index is 0. The molecule has 0 spiro atoms. The standard InChI is InChI=1S/Cu.HI3/c;1-3-2/h;3H. The molecule has 0 bridgehead atoms. The van der Waals surface area contributed by atoms with E-state index in [9.17, 15) is 0 Å². The maximum atomic E-state index is 2.41. The molecule has 0 rings (SSSR count). The summed E-state index contributed by atoms with van der Waals surface area (Å²) in [6.45, 7) is 0. The molecule has 0 heterocycles. The largest absolute Gasteiger partial charge is 0 e. The molecule has 33 valence electrons. The van der Waals surface area contributed by atoms with Crippen LogP contribution >= 0.6 is 50.5 Å². The first-order valence-corrected chi connectivity index (χ1v) is 13.9. The molecule has 0 N–H and O–H groups in total. The Hall–Kier alpha value is 2.71. The minimum Gasteiger partial charge on any atom is 0 e. The van der Waals surface area contributed by atoms with Crippen molar-refractivity contribution < 1.29 is 17.1 Å². The monoisotopic (exact) mass is 445 g/mol. The van der Waals surface area contributed by atoms with Crippen LogP contribution in [-0.2, 0) is 17.1 Å². The zero-order chi connectivity index (χ0) is 2.71. The molecule has 0 aromatic heterocycles. The molecule has 0 fully saturated rings. The first-order valence-electron chi connectivity index (χ1n) is 0.309. The van der Waals surface area contributed by atoms with Crippen LogP contribution in [0.25, 0.3) is 0 Å². The molecular weight excluding hydrogens is 444 g/mol.